The van der Waals surface area contributed by atoms with Gasteiger partial charge in [0.05, 0.1) is 30.9 Å². The van der Waals surface area contributed by atoms with Crippen LogP contribution < -0.4 is 5.32 Å². The van der Waals surface area contributed by atoms with E-state index >= 15 is 0 Å². The molecule has 3 rings (SSSR count). The van der Waals surface area contributed by atoms with Crippen LogP contribution in [0.5, 0.6) is 0 Å². The van der Waals surface area contributed by atoms with Crippen molar-refractivity contribution in [2.45, 2.75) is 48.7 Å². The highest BCUT2D eigenvalue weighted by Crippen LogP contribution is 2.37. The van der Waals surface area contributed by atoms with Crippen LogP contribution in [0.2, 0.25) is 0 Å². The molecule has 1 amide bonds. The minimum Gasteiger partial charge on any atom is -0.469 e. The molecule has 144 valence electrons. The molecule has 1 saturated carbocycles. The van der Waals surface area contributed by atoms with Crippen molar-refractivity contribution in [2.24, 2.45) is 0 Å². The quantitative estimate of drug-likeness (QED) is 0.484. The molecule has 1 aliphatic carbocycles. The van der Waals surface area contributed by atoms with E-state index in [0.717, 1.165) is 22.9 Å². The Morgan fingerprint density at radius 1 is 1.44 bits per heavy atom. The predicted molar refractivity (Wildman–Crippen MR) is 103 cm³/mol. The summed E-state index contributed by atoms with van der Waals surface area (Å²) in [6, 6.07) is 7.34. The van der Waals surface area contributed by atoms with Gasteiger partial charge >= 0.3 is 5.97 Å². The molecular formula is C17H20BrN5O3S. The Labute approximate surface area is 169 Å². The molecule has 8 nitrogen and oxygen atoms in total. The average molecular weight is 454 g/mol. The lowest BCUT2D eigenvalue weighted by Gasteiger charge is -2.20. The summed E-state index contributed by atoms with van der Waals surface area (Å²) < 4.78 is 7.41. The highest BCUT2D eigenvalue weighted by atomic mass is 79.9. The lowest BCUT2D eigenvalue weighted by Crippen LogP contribution is -2.35. The first kappa shape index (κ1) is 19.8. The van der Waals surface area contributed by atoms with Crippen molar-refractivity contribution in [3.05, 3.63) is 34.3 Å². The molecular weight excluding hydrogens is 434 g/mol. The van der Waals surface area contributed by atoms with Crippen molar-refractivity contribution >= 4 is 39.6 Å². The van der Waals surface area contributed by atoms with Crippen molar-refractivity contribution in [3.63, 3.8) is 0 Å². The maximum Gasteiger partial charge on any atom is 0.307 e. The van der Waals surface area contributed by atoms with E-state index in [9.17, 15) is 9.59 Å². The number of methoxy groups -OCH3 is 1. The molecule has 0 spiro atoms. The van der Waals surface area contributed by atoms with Gasteiger partial charge in [0.2, 0.25) is 11.1 Å². The molecule has 2 atom stereocenters. The molecule has 0 aliphatic heterocycles. The first-order chi connectivity index (χ1) is 13.0. The molecule has 1 fully saturated rings. The summed E-state index contributed by atoms with van der Waals surface area (Å²) in [5.41, 5.74) is 0.822. The third-order valence-corrected chi connectivity index (χ3v) is 5.71. The molecule has 10 heteroatoms. The summed E-state index contributed by atoms with van der Waals surface area (Å²) in [6.45, 7) is 1.79. The van der Waals surface area contributed by atoms with E-state index in [1.807, 2.05) is 24.3 Å². The molecule has 2 unspecified atom stereocenters. The van der Waals surface area contributed by atoms with Gasteiger partial charge in [0.25, 0.3) is 0 Å². The van der Waals surface area contributed by atoms with Crippen molar-refractivity contribution in [2.75, 3.05) is 7.11 Å². The number of amides is 1. The third-order valence-electron chi connectivity index (χ3n) is 4.17. The smallest absolute Gasteiger partial charge is 0.307 e. The van der Waals surface area contributed by atoms with Crippen LogP contribution in [0.3, 0.4) is 0 Å². The summed E-state index contributed by atoms with van der Waals surface area (Å²) >= 11 is 4.73. The Kier molecular flexibility index (Phi) is 6.48. The number of aromatic nitrogens is 4. The normalized spacial score (nSPS) is 15.8. The minimum absolute atomic E-state index is 0.0515. The molecule has 1 N–H and O–H groups in total. The molecule has 1 heterocycles. The van der Waals surface area contributed by atoms with Crippen molar-refractivity contribution in [3.8, 4) is 0 Å². The van der Waals surface area contributed by atoms with E-state index in [1.165, 1.54) is 18.9 Å². The van der Waals surface area contributed by atoms with E-state index in [2.05, 4.69) is 36.8 Å². The Balaban J connectivity index is 1.69. The van der Waals surface area contributed by atoms with Crippen LogP contribution in [-0.2, 0) is 14.3 Å². The Morgan fingerprint density at radius 3 is 2.89 bits per heavy atom. The average Bonchev–Trinajstić information content (AvgIpc) is 3.40. The highest BCUT2D eigenvalue weighted by molar-refractivity contribution is 9.10. The number of nitrogens with one attached hydrogen (secondary N) is 1. The zero-order valence-electron chi connectivity index (χ0n) is 15.0. The minimum atomic E-state index is -0.482. The number of halogens is 1. The fraction of sp³-hybridized carbons (Fsp3) is 0.471. The van der Waals surface area contributed by atoms with Gasteiger partial charge in [-0.25, -0.2) is 4.68 Å². The molecule has 0 bridgehead atoms. The van der Waals surface area contributed by atoms with Crippen molar-refractivity contribution in [1.29, 1.82) is 0 Å². The molecule has 27 heavy (non-hydrogen) atoms. The van der Waals surface area contributed by atoms with Gasteiger partial charge in [-0.3, -0.25) is 9.59 Å². The van der Waals surface area contributed by atoms with Crippen molar-refractivity contribution < 1.29 is 14.3 Å². The van der Waals surface area contributed by atoms with Gasteiger partial charge in [-0.1, -0.05) is 39.8 Å². The van der Waals surface area contributed by atoms with E-state index in [1.54, 1.807) is 11.6 Å². The van der Waals surface area contributed by atoms with Crippen LogP contribution in [0.4, 0.5) is 0 Å². The van der Waals surface area contributed by atoms with Crippen LogP contribution in [0.25, 0.3) is 0 Å². The molecule has 0 saturated heterocycles. The molecule has 1 aliphatic rings. The van der Waals surface area contributed by atoms with Crippen LogP contribution in [-0.4, -0.2) is 44.4 Å². The Bertz CT molecular complexity index is 826. The van der Waals surface area contributed by atoms with Crippen molar-refractivity contribution in [1.82, 2.24) is 25.5 Å². The maximum absolute atomic E-state index is 12.7. The summed E-state index contributed by atoms with van der Waals surface area (Å²) in [5.74, 6) is -0.586. The highest BCUT2D eigenvalue weighted by Gasteiger charge is 2.30. The fourth-order valence-electron chi connectivity index (χ4n) is 2.54. The van der Waals surface area contributed by atoms with Gasteiger partial charge in [0.15, 0.2) is 0 Å². The van der Waals surface area contributed by atoms with Gasteiger partial charge in [0.1, 0.15) is 0 Å². The number of carbonyl (C=O) groups is 2. The molecule has 1 aromatic heterocycles. The number of hydrogen-bond donors (Lipinski definition) is 1. The van der Waals surface area contributed by atoms with Crippen LogP contribution in [0.15, 0.2) is 33.9 Å². The van der Waals surface area contributed by atoms with Crippen LogP contribution in [0.1, 0.15) is 43.8 Å². The predicted octanol–water partition coefficient (Wildman–Crippen LogP) is 2.67. The van der Waals surface area contributed by atoms with E-state index in [4.69, 9.17) is 4.74 Å². The number of benzene rings is 1. The van der Waals surface area contributed by atoms with Crippen LogP contribution in [0, 0.1) is 0 Å². The van der Waals surface area contributed by atoms with Gasteiger partial charge in [0, 0.05) is 4.47 Å². The van der Waals surface area contributed by atoms with E-state index < -0.39 is 17.3 Å². The van der Waals surface area contributed by atoms with E-state index in [-0.39, 0.29) is 12.3 Å². The second-order valence-corrected chi connectivity index (χ2v) is 8.52. The number of carbonyl (C=O) groups excluding carboxylic acids is 2. The topological polar surface area (TPSA) is 99.0 Å². The number of ether oxygens (including phenoxy) is 1. The number of nitrogens with zero attached hydrogens (tertiary/aromatic N) is 4. The standard InChI is InChI=1S/C17H20BrN5O3S/c1-10(27-17-20-21-22-23(17)13-6-7-13)16(25)19-14(9-15(24)26-2)11-4-3-5-12(18)8-11/h3-5,8,10,13-14H,6-7,9H2,1-2H3,(H,19,25). The van der Waals surface area contributed by atoms with Gasteiger partial charge in [-0.2, -0.15) is 0 Å². The largest absolute Gasteiger partial charge is 0.469 e. The lowest BCUT2D eigenvalue weighted by molar-refractivity contribution is -0.141. The second-order valence-electron chi connectivity index (χ2n) is 6.29. The molecule has 0 radical (unpaired) electrons. The molecule has 1 aromatic carbocycles. The fourth-order valence-corrected chi connectivity index (χ4v) is 3.82. The van der Waals surface area contributed by atoms with Gasteiger partial charge in [-0.15, -0.1) is 5.10 Å². The summed E-state index contributed by atoms with van der Waals surface area (Å²) in [6.07, 6.45) is 2.17. The Hall–Kier alpha value is -1.94. The maximum atomic E-state index is 12.7. The van der Waals surface area contributed by atoms with Gasteiger partial charge in [-0.05, 0) is 47.9 Å². The first-order valence-electron chi connectivity index (χ1n) is 8.55. The van der Waals surface area contributed by atoms with Crippen LogP contribution >= 0.6 is 27.7 Å². The SMILES string of the molecule is COC(=O)CC(NC(=O)C(C)Sc1nnnn1C1CC1)c1cccc(Br)c1. The zero-order chi connectivity index (χ0) is 19.4. The third kappa shape index (κ3) is 5.29. The summed E-state index contributed by atoms with van der Waals surface area (Å²) in [4.78, 5) is 24.5. The second kappa shape index (κ2) is 8.83. The number of hydrogen-bond acceptors (Lipinski definition) is 7. The lowest BCUT2D eigenvalue weighted by atomic mass is 10.0. The number of tetrazole rings is 1. The number of thioether (sulfide) groups is 1. The summed E-state index contributed by atoms with van der Waals surface area (Å²) in [5, 5.41) is 14.9. The Morgan fingerprint density at radius 2 is 2.22 bits per heavy atom. The first-order valence-corrected chi connectivity index (χ1v) is 10.2. The molecule has 2 aromatic rings. The summed E-state index contributed by atoms with van der Waals surface area (Å²) in [7, 11) is 1.33. The monoisotopic (exact) mass is 453 g/mol. The zero-order valence-corrected chi connectivity index (χ0v) is 17.4. The number of esters is 1. The van der Waals surface area contributed by atoms with E-state index in [0.29, 0.717) is 11.2 Å². The van der Waals surface area contributed by atoms with Gasteiger partial charge < -0.3 is 10.1 Å². The number of rotatable bonds is 8.